The quantitative estimate of drug-likeness (QED) is 0.477. The number of halogens is 4. The first-order valence-corrected chi connectivity index (χ1v) is 10.7. The Morgan fingerprint density at radius 3 is 2.53 bits per heavy atom. The van der Waals surface area contributed by atoms with Crippen molar-refractivity contribution in [3.05, 3.63) is 47.4 Å². The summed E-state index contributed by atoms with van der Waals surface area (Å²) in [5.74, 6) is -2.67. The zero-order valence-corrected chi connectivity index (χ0v) is 19.5. The highest BCUT2D eigenvalue weighted by molar-refractivity contribution is 5.89. The summed E-state index contributed by atoms with van der Waals surface area (Å²) in [6.07, 6.45) is -0.0888. The summed E-state index contributed by atoms with van der Waals surface area (Å²) < 4.78 is 68.7. The fourth-order valence-corrected chi connectivity index (χ4v) is 3.73. The van der Waals surface area contributed by atoms with E-state index in [1.54, 1.807) is 13.8 Å². The first-order chi connectivity index (χ1) is 15.9. The molecule has 0 spiro atoms. The molecule has 3 atom stereocenters. The van der Waals surface area contributed by atoms with Crippen LogP contribution in [-0.4, -0.2) is 47.0 Å². The highest BCUT2D eigenvalue weighted by Crippen LogP contribution is 2.30. The zero-order valence-electron chi connectivity index (χ0n) is 19.5. The van der Waals surface area contributed by atoms with E-state index in [1.165, 1.54) is 6.07 Å². The van der Waals surface area contributed by atoms with Crippen molar-refractivity contribution >= 4 is 11.9 Å². The molecule has 186 valence electrons. The molecule has 34 heavy (non-hydrogen) atoms. The number of hydrogen-bond acceptors (Lipinski definition) is 6. The summed E-state index contributed by atoms with van der Waals surface area (Å²) in [5.41, 5.74) is -0.00793. The Labute approximate surface area is 195 Å². The summed E-state index contributed by atoms with van der Waals surface area (Å²) in [7, 11) is 0. The molecule has 11 heteroatoms. The summed E-state index contributed by atoms with van der Waals surface area (Å²) in [5, 5.41) is 0. The van der Waals surface area contributed by atoms with Crippen LogP contribution in [0.1, 0.15) is 51.9 Å². The maximum absolute atomic E-state index is 14.7. The molecule has 0 aliphatic carbocycles. The standard InChI is InChI=1S/C23H27F4N3O4/c1-12(14-6-7-18(15(24)9-14)33-21(26)27)8-19-28-10-16(25)20(29-19)30-17(11-32-22(30)31)13(2)34-23(3,4)5/h6-7,9-10,12-13,17,21H,8,11H2,1-5H3/t12-,13-,17-/m1/s1. The molecule has 0 N–H and O–H groups in total. The lowest BCUT2D eigenvalue weighted by molar-refractivity contribution is -0.0619. The number of carbonyl (C=O) groups is 1. The van der Waals surface area contributed by atoms with Gasteiger partial charge in [-0.3, -0.25) is 0 Å². The Bertz CT molecular complexity index is 1030. The van der Waals surface area contributed by atoms with Crippen molar-refractivity contribution in [2.75, 3.05) is 11.5 Å². The third kappa shape index (κ3) is 6.13. The number of alkyl halides is 2. The van der Waals surface area contributed by atoms with Gasteiger partial charge in [-0.15, -0.1) is 0 Å². The normalized spacial score (nSPS) is 18.2. The van der Waals surface area contributed by atoms with Crippen LogP contribution in [0.3, 0.4) is 0 Å². The number of ether oxygens (including phenoxy) is 3. The number of amides is 1. The lowest BCUT2D eigenvalue weighted by Crippen LogP contribution is -2.45. The second-order valence-corrected chi connectivity index (χ2v) is 9.08. The van der Waals surface area contributed by atoms with E-state index in [9.17, 15) is 22.4 Å². The topological polar surface area (TPSA) is 73.8 Å². The first kappa shape index (κ1) is 25.7. The Kier molecular flexibility index (Phi) is 7.64. The van der Waals surface area contributed by atoms with Gasteiger partial charge in [-0.05, 0) is 51.3 Å². The molecule has 1 saturated heterocycles. The molecule has 0 unspecified atom stereocenters. The van der Waals surface area contributed by atoms with E-state index in [0.29, 0.717) is 5.56 Å². The fraction of sp³-hybridized carbons (Fsp3) is 0.522. The second-order valence-electron chi connectivity index (χ2n) is 9.08. The SMILES string of the molecule is C[C@H](Cc1ncc(F)c(N2C(=O)OC[C@@H]2[C@@H](C)OC(C)(C)C)n1)c1ccc(OC(F)F)c(F)c1. The average Bonchev–Trinajstić information content (AvgIpc) is 3.10. The van der Waals surface area contributed by atoms with Crippen LogP contribution in [0.15, 0.2) is 24.4 Å². The molecule has 0 radical (unpaired) electrons. The molecule has 1 fully saturated rings. The largest absolute Gasteiger partial charge is 0.447 e. The molecule has 0 saturated carbocycles. The van der Waals surface area contributed by atoms with Crippen molar-refractivity contribution in [1.29, 1.82) is 0 Å². The summed E-state index contributed by atoms with van der Waals surface area (Å²) in [4.78, 5) is 21.8. The minimum Gasteiger partial charge on any atom is -0.447 e. The van der Waals surface area contributed by atoms with E-state index < -0.39 is 47.8 Å². The van der Waals surface area contributed by atoms with Crippen molar-refractivity contribution in [2.24, 2.45) is 0 Å². The highest BCUT2D eigenvalue weighted by atomic mass is 19.3. The van der Waals surface area contributed by atoms with E-state index in [-0.39, 0.29) is 30.6 Å². The van der Waals surface area contributed by atoms with Crippen molar-refractivity contribution < 1.29 is 36.6 Å². The molecular formula is C23H27F4N3O4. The van der Waals surface area contributed by atoms with Gasteiger partial charge < -0.3 is 14.2 Å². The van der Waals surface area contributed by atoms with Crippen molar-refractivity contribution in [1.82, 2.24) is 9.97 Å². The molecule has 1 aliphatic rings. The first-order valence-electron chi connectivity index (χ1n) is 10.7. The van der Waals surface area contributed by atoms with E-state index in [1.807, 2.05) is 20.8 Å². The van der Waals surface area contributed by atoms with Gasteiger partial charge in [-0.25, -0.2) is 28.4 Å². The maximum Gasteiger partial charge on any atom is 0.416 e. The Hall–Kier alpha value is -2.95. The zero-order chi connectivity index (χ0) is 25.2. The van der Waals surface area contributed by atoms with Gasteiger partial charge in [-0.1, -0.05) is 13.0 Å². The van der Waals surface area contributed by atoms with Gasteiger partial charge in [0.15, 0.2) is 23.2 Å². The fourth-order valence-electron chi connectivity index (χ4n) is 3.73. The molecule has 1 aliphatic heterocycles. The van der Waals surface area contributed by atoms with Crippen LogP contribution < -0.4 is 9.64 Å². The summed E-state index contributed by atoms with van der Waals surface area (Å²) in [6, 6.07) is 3.06. The Morgan fingerprint density at radius 1 is 1.21 bits per heavy atom. The maximum atomic E-state index is 14.7. The summed E-state index contributed by atoms with van der Waals surface area (Å²) >= 11 is 0. The van der Waals surface area contributed by atoms with Crippen LogP contribution in [0, 0.1) is 11.6 Å². The van der Waals surface area contributed by atoms with Gasteiger partial charge in [0, 0.05) is 6.42 Å². The number of carbonyl (C=O) groups excluding carboxylic acids is 1. The third-order valence-electron chi connectivity index (χ3n) is 5.22. The summed E-state index contributed by atoms with van der Waals surface area (Å²) in [6.45, 7) is 5.99. The molecule has 0 bridgehead atoms. The van der Waals surface area contributed by atoms with Gasteiger partial charge >= 0.3 is 12.7 Å². The Balaban J connectivity index is 1.81. The molecular weight excluding hydrogens is 458 g/mol. The molecule has 7 nitrogen and oxygen atoms in total. The van der Waals surface area contributed by atoms with Crippen LogP contribution in [0.4, 0.5) is 28.2 Å². The predicted molar refractivity (Wildman–Crippen MR) is 115 cm³/mol. The van der Waals surface area contributed by atoms with Crippen molar-refractivity contribution in [3.63, 3.8) is 0 Å². The second kappa shape index (κ2) is 10.1. The van der Waals surface area contributed by atoms with Gasteiger partial charge in [0.1, 0.15) is 18.5 Å². The van der Waals surface area contributed by atoms with Crippen LogP contribution in [0.25, 0.3) is 0 Å². The number of rotatable bonds is 8. The van der Waals surface area contributed by atoms with E-state index in [4.69, 9.17) is 9.47 Å². The third-order valence-corrected chi connectivity index (χ3v) is 5.22. The average molecular weight is 485 g/mol. The molecule has 3 rings (SSSR count). The van der Waals surface area contributed by atoms with E-state index >= 15 is 0 Å². The number of cyclic esters (lactones) is 1. The molecule has 1 aromatic heterocycles. The minimum absolute atomic E-state index is 0.0115. The van der Waals surface area contributed by atoms with Crippen LogP contribution in [-0.2, 0) is 15.9 Å². The van der Waals surface area contributed by atoms with Gasteiger partial charge in [-0.2, -0.15) is 8.78 Å². The number of hydrogen-bond donors (Lipinski definition) is 0. The molecule has 2 heterocycles. The predicted octanol–water partition coefficient (Wildman–Crippen LogP) is 5.23. The van der Waals surface area contributed by atoms with Crippen LogP contribution in [0.5, 0.6) is 5.75 Å². The molecule has 2 aromatic rings. The van der Waals surface area contributed by atoms with Crippen molar-refractivity contribution in [2.45, 2.75) is 71.3 Å². The van der Waals surface area contributed by atoms with Gasteiger partial charge in [0.05, 0.1) is 17.9 Å². The minimum atomic E-state index is -3.14. The smallest absolute Gasteiger partial charge is 0.416 e. The number of nitrogens with zero attached hydrogens (tertiary/aromatic N) is 3. The van der Waals surface area contributed by atoms with E-state index in [2.05, 4.69) is 14.7 Å². The monoisotopic (exact) mass is 485 g/mol. The Morgan fingerprint density at radius 2 is 1.91 bits per heavy atom. The van der Waals surface area contributed by atoms with Crippen LogP contribution in [0.2, 0.25) is 0 Å². The van der Waals surface area contributed by atoms with Gasteiger partial charge in [0.2, 0.25) is 0 Å². The molecule has 1 amide bonds. The van der Waals surface area contributed by atoms with Crippen molar-refractivity contribution in [3.8, 4) is 5.75 Å². The highest BCUT2D eigenvalue weighted by Gasteiger charge is 2.41. The van der Waals surface area contributed by atoms with E-state index in [0.717, 1.165) is 23.2 Å². The number of anilines is 1. The van der Waals surface area contributed by atoms with Gasteiger partial charge in [0.25, 0.3) is 0 Å². The van der Waals surface area contributed by atoms with Crippen LogP contribution >= 0.6 is 0 Å². The molecule has 1 aromatic carbocycles. The number of benzene rings is 1. The number of aromatic nitrogens is 2. The lowest BCUT2D eigenvalue weighted by Gasteiger charge is -2.31. The lowest BCUT2D eigenvalue weighted by atomic mass is 9.97.